The van der Waals surface area contributed by atoms with Crippen molar-refractivity contribution in [1.29, 1.82) is 0 Å². The number of aromatic nitrogens is 3. The molecule has 2 heterocycles. The van der Waals surface area contributed by atoms with Crippen LogP contribution in [0.4, 0.5) is 0 Å². The van der Waals surface area contributed by atoms with Crippen LogP contribution in [0.1, 0.15) is 49.5 Å². The minimum atomic E-state index is -0.223. The molecule has 4 rings (SSSR count). The van der Waals surface area contributed by atoms with Gasteiger partial charge < -0.3 is 0 Å². The van der Waals surface area contributed by atoms with Gasteiger partial charge in [-0.25, -0.2) is 9.89 Å². The van der Waals surface area contributed by atoms with Crippen LogP contribution < -0.4 is 5.69 Å². The predicted molar refractivity (Wildman–Crippen MR) is 84.3 cm³/mol. The topological polar surface area (TPSA) is 64.8 Å². The molecule has 1 aliphatic carbocycles. The van der Waals surface area contributed by atoms with E-state index in [1.54, 1.807) is 0 Å². The standard InChI is InChI=1S/C17H22N4O/c22-16-18-14(19-20-16)11-21-12-17(9-5-2-6-10-17)15(21)13-7-3-1-4-8-13/h1,3-4,7-8,15H,2,5-6,9-12H2,(H2,18,19,20,22)/t15-/m0/s1. The summed E-state index contributed by atoms with van der Waals surface area (Å²) in [5, 5.41) is 6.52. The van der Waals surface area contributed by atoms with Crippen LogP contribution in [0, 0.1) is 5.41 Å². The maximum atomic E-state index is 11.2. The van der Waals surface area contributed by atoms with Gasteiger partial charge in [-0.3, -0.25) is 9.88 Å². The minimum Gasteiger partial charge on any atom is -0.292 e. The van der Waals surface area contributed by atoms with Gasteiger partial charge >= 0.3 is 5.69 Å². The Labute approximate surface area is 129 Å². The predicted octanol–water partition coefficient (Wildman–Crippen LogP) is 2.61. The van der Waals surface area contributed by atoms with E-state index in [4.69, 9.17) is 0 Å². The zero-order valence-electron chi connectivity index (χ0n) is 12.7. The van der Waals surface area contributed by atoms with Gasteiger partial charge in [0.2, 0.25) is 0 Å². The summed E-state index contributed by atoms with van der Waals surface area (Å²) >= 11 is 0. The second-order valence-corrected chi connectivity index (χ2v) is 6.77. The van der Waals surface area contributed by atoms with Crippen molar-refractivity contribution >= 4 is 0 Å². The summed E-state index contributed by atoms with van der Waals surface area (Å²) in [6.45, 7) is 1.82. The van der Waals surface area contributed by atoms with Gasteiger partial charge in [0.15, 0.2) is 0 Å². The Hall–Kier alpha value is -1.88. The van der Waals surface area contributed by atoms with Gasteiger partial charge in [0.1, 0.15) is 5.82 Å². The maximum Gasteiger partial charge on any atom is 0.340 e. The average molecular weight is 298 g/mol. The lowest BCUT2D eigenvalue weighted by atomic mass is 9.61. The van der Waals surface area contributed by atoms with E-state index in [9.17, 15) is 4.79 Å². The second kappa shape index (κ2) is 5.39. The highest BCUT2D eigenvalue weighted by Gasteiger charge is 2.52. The van der Waals surface area contributed by atoms with E-state index in [1.807, 2.05) is 0 Å². The van der Waals surface area contributed by atoms with Gasteiger partial charge in [0.25, 0.3) is 0 Å². The molecule has 22 heavy (non-hydrogen) atoms. The van der Waals surface area contributed by atoms with Crippen LogP contribution in [0.2, 0.25) is 0 Å². The fourth-order valence-electron chi connectivity index (χ4n) is 4.46. The zero-order valence-corrected chi connectivity index (χ0v) is 12.7. The quantitative estimate of drug-likeness (QED) is 0.915. The fraction of sp³-hybridized carbons (Fsp3) is 0.529. The average Bonchev–Trinajstić information content (AvgIpc) is 2.94. The molecule has 5 nitrogen and oxygen atoms in total. The Balaban J connectivity index is 1.60. The number of benzene rings is 1. The van der Waals surface area contributed by atoms with Crippen LogP contribution in [0.5, 0.6) is 0 Å². The highest BCUT2D eigenvalue weighted by Crippen LogP contribution is 2.57. The van der Waals surface area contributed by atoms with E-state index in [-0.39, 0.29) is 5.69 Å². The molecule has 1 aromatic heterocycles. The highest BCUT2D eigenvalue weighted by molar-refractivity contribution is 5.26. The molecule has 1 aliphatic heterocycles. The number of hydrogen-bond donors (Lipinski definition) is 2. The van der Waals surface area contributed by atoms with E-state index in [2.05, 4.69) is 50.4 Å². The van der Waals surface area contributed by atoms with Crippen molar-refractivity contribution in [3.8, 4) is 0 Å². The molecular weight excluding hydrogens is 276 g/mol. The largest absolute Gasteiger partial charge is 0.340 e. The number of nitrogens with zero attached hydrogens (tertiary/aromatic N) is 2. The molecule has 0 bridgehead atoms. The molecular formula is C17H22N4O. The first-order valence-corrected chi connectivity index (χ1v) is 8.19. The zero-order chi connectivity index (χ0) is 15.0. The van der Waals surface area contributed by atoms with Gasteiger partial charge in [-0.1, -0.05) is 49.6 Å². The van der Waals surface area contributed by atoms with Crippen molar-refractivity contribution in [3.05, 3.63) is 52.2 Å². The van der Waals surface area contributed by atoms with Crippen molar-refractivity contribution in [3.63, 3.8) is 0 Å². The lowest BCUT2D eigenvalue weighted by Gasteiger charge is -2.59. The Morgan fingerprint density at radius 1 is 1.18 bits per heavy atom. The lowest BCUT2D eigenvalue weighted by Crippen LogP contribution is -2.58. The first-order valence-electron chi connectivity index (χ1n) is 8.19. The van der Waals surface area contributed by atoms with E-state index in [0.717, 1.165) is 12.4 Å². The summed E-state index contributed by atoms with van der Waals surface area (Å²) in [4.78, 5) is 16.5. The van der Waals surface area contributed by atoms with Crippen LogP contribution >= 0.6 is 0 Å². The number of aromatic amines is 2. The molecule has 116 valence electrons. The van der Waals surface area contributed by atoms with Gasteiger partial charge in [-0.2, -0.15) is 5.10 Å². The molecule has 0 amide bonds. The molecule has 2 aromatic rings. The Bertz CT molecular complexity index is 684. The van der Waals surface area contributed by atoms with E-state index in [1.165, 1.54) is 37.7 Å². The van der Waals surface area contributed by atoms with Crippen molar-refractivity contribution in [1.82, 2.24) is 20.1 Å². The lowest BCUT2D eigenvalue weighted by molar-refractivity contribution is -0.107. The van der Waals surface area contributed by atoms with Gasteiger partial charge in [-0.05, 0) is 18.4 Å². The molecule has 2 aliphatic rings. The van der Waals surface area contributed by atoms with Crippen LogP contribution in [0.3, 0.4) is 0 Å². The molecule has 5 heteroatoms. The number of rotatable bonds is 3. The van der Waals surface area contributed by atoms with E-state index >= 15 is 0 Å². The summed E-state index contributed by atoms with van der Waals surface area (Å²) in [6.07, 6.45) is 6.70. The van der Waals surface area contributed by atoms with Crippen LogP contribution in [-0.2, 0) is 6.54 Å². The highest BCUT2D eigenvalue weighted by atomic mass is 16.1. The number of H-pyrrole nitrogens is 2. The Morgan fingerprint density at radius 3 is 2.64 bits per heavy atom. The van der Waals surface area contributed by atoms with Crippen LogP contribution in [-0.4, -0.2) is 26.6 Å². The van der Waals surface area contributed by atoms with E-state index < -0.39 is 0 Å². The third-order valence-electron chi connectivity index (χ3n) is 5.33. The van der Waals surface area contributed by atoms with E-state index in [0.29, 0.717) is 18.0 Å². The van der Waals surface area contributed by atoms with Crippen LogP contribution in [0.15, 0.2) is 35.1 Å². The normalized spacial score (nSPS) is 24.3. The summed E-state index contributed by atoms with van der Waals surface area (Å²) in [7, 11) is 0. The van der Waals surface area contributed by atoms with Gasteiger partial charge in [0, 0.05) is 18.0 Å². The molecule has 0 radical (unpaired) electrons. The Kier molecular flexibility index (Phi) is 3.37. The fourth-order valence-corrected chi connectivity index (χ4v) is 4.46. The van der Waals surface area contributed by atoms with Crippen molar-refractivity contribution in [2.75, 3.05) is 6.54 Å². The minimum absolute atomic E-state index is 0.223. The first kappa shape index (κ1) is 13.8. The summed E-state index contributed by atoms with van der Waals surface area (Å²) in [6, 6.07) is 11.2. The summed E-state index contributed by atoms with van der Waals surface area (Å²) in [5.41, 5.74) is 1.60. The molecule has 1 aromatic carbocycles. The molecule has 2 N–H and O–H groups in total. The van der Waals surface area contributed by atoms with Crippen molar-refractivity contribution in [2.24, 2.45) is 5.41 Å². The number of likely N-dealkylation sites (tertiary alicyclic amines) is 1. The molecule has 0 unspecified atom stereocenters. The second-order valence-electron chi connectivity index (χ2n) is 6.77. The molecule has 1 saturated heterocycles. The first-order chi connectivity index (χ1) is 10.8. The van der Waals surface area contributed by atoms with Crippen molar-refractivity contribution in [2.45, 2.75) is 44.7 Å². The molecule has 1 saturated carbocycles. The third kappa shape index (κ3) is 2.29. The van der Waals surface area contributed by atoms with Crippen molar-refractivity contribution < 1.29 is 0 Å². The van der Waals surface area contributed by atoms with Gasteiger partial charge in [-0.15, -0.1) is 0 Å². The number of nitrogens with one attached hydrogen (secondary N) is 2. The monoisotopic (exact) mass is 298 g/mol. The summed E-state index contributed by atoms with van der Waals surface area (Å²) in [5.74, 6) is 0.733. The molecule has 2 fully saturated rings. The van der Waals surface area contributed by atoms with Gasteiger partial charge in [0.05, 0.1) is 6.54 Å². The molecule has 1 spiro atoms. The smallest absolute Gasteiger partial charge is 0.292 e. The Morgan fingerprint density at radius 2 is 1.95 bits per heavy atom. The number of hydrogen-bond acceptors (Lipinski definition) is 3. The third-order valence-corrected chi connectivity index (χ3v) is 5.33. The molecule has 1 atom stereocenters. The van der Waals surface area contributed by atoms with Crippen LogP contribution in [0.25, 0.3) is 0 Å². The summed E-state index contributed by atoms with van der Waals surface area (Å²) < 4.78 is 0. The maximum absolute atomic E-state index is 11.2. The SMILES string of the molecule is O=c1[nH]nc(CN2CC3(CCCCC3)[C@@H]2c2ccccc2)[nH]1.